The van der Waals surface area contributed by atoms with Crippen molar-refractivity contribution in [3.05, 3.63) is 51.5 Å². The Labute approximate surface area is 200 Å². The van der Waals surface area contributed by atoms with E-state index in [1.807, 2.05) is 12.3 Å². The summed E-state index contributed by atoms with van der Waals surface area (Å²) in [6.45, 7) is 1.94. The van der Waals surface area contributed by atoms with E-state index in [-0.39, 0.29) is 17.5 Å². The number of pyridine rings is 1. The minimum Gasteiger partial charge on any atom is -0.488 e. The molecule has 1 fully saturated rings. The second-order valence-electron chi connectivity index (χ2n) is 7.83. The van der Waals surface area contributed by atoms with Gasteiger partial charge >= 0.3 is 0 Å². The van der Waals surface area contributed by atoms with Crippen LogP contribution in [0, 0.1) is 29.6 Å². The van der Waals surface area contributed by atoms with Gasteiger partial charge in [-0.15, -0.1) is 11.3 Å². The minimum atomic E-state index is -0.463. The van der Waals surface area contributed by atoms with Crippen molar-refractivity contribution in [3.63, 3.8) is 0 Å². The Morgan fingerprint density at radius 1 is 1.15 bits per heavy atom. The first-order chi connectivity index (χ1) is 16.0. The Morgan fingerprint density at radius 2 is 1.88 bits per heavy atom. The number of aryl methyl sites for hydroxylation is 1. The van der Waals surface area contributed by atoms with Crippen LogP contribution in [0.3, 0.4) is 0 Å². The number of benzene rings is 1. The van der Waals surface area contributed by atoms with Crippen LogP contribution >= 0.6 is 23.1 Å². The van der Waals surface area contributed by atoms with Gasteiger partial charge in [-0.3, -0.25) is 0 Å². The van der Waals surface area contributed by atoms with Crippen molar-refractivity contribution < 1.29 is 9.84 Å². The third-order valence-corrected chi connectivity index (χ3v) is 7.37. The maximum atomic E-state index is 10.2. The third kappa shape index (κ3) is 5.12. The van der Waals surface area contributed by atoms with Crippen LogP contribution in [0.25, 0.3) is 11.1 Å². The fourth-order valence-corrected chi connectivity index (χ4v) is 5.50. The normalized spacial score (nSPS) is 17.8. The first kappa shape index (κ1) is 23.1. The fraction of sp³-hybridized carbons (Fsp3) is 0.333. The lowest BCUT2D eigenvalue weighted by molar-refractivity contribution is 0.00688. The molecule has 0 amide bonds. The average Bonchev–Trinajstić information content (AvgIpc) is 3.24. The van der Waals surface area contributed by atoms with Crippen molar-refractivity contribution in [1.29, 1.82) is 10.5 Å². The fourth-order valence-electron chi connectivity index (χ4n) is 3.90. The summed E-state index contributed by atoms with van der Waals surface area (Å²) in [6.07, 6.45) is 2.93. The van der Waals surface area contributed by atoms with Gasteiger partial charge in [-0.2, -0.15) is 10.5 Å². The minimum absolute atomic E-state index is 0.0918. The van der Waals surface area contributed by atoms with E-state index in [9.17, 15) is 15.6 Å². The van der Waals surface area contributed by atoms with Crippen LogP contribution < -0.4 is 10.5 Å². The SMILES string of the molecule is Cc1nc(CSc2nc(N)c(C#N)c(-c3ccc(O[C@H]4CCCC[C@@H]4O)cc3)c2C#N)cs1. The number of hydrogen-bond donors (Lipinski definition) is 2. The van der Waals surface area contributed by atoms with E-state index in [2.05, 4.69) is 22.1 Å². The van der Waals surface area contributed by atoms with E-state index in [1.165, 1.54) is 11.8 Å². The van der Waals surface area contributed by atoms with Crippen molar-refractivity contribution in [3.8, 4) is 29.0 Å². The Balaban J connectivity index is 1.64. The number of aliphatic hydroxyl groups excluding tert-OH is 1. The molecule has 9 heteroatoms. The van der Waals surface area contributed by atoms with Crippen LogP contribution in [0.4, 0.5) is 5.82 Å². The molecule has 0 saturated heterocycles. The highest BCUT2D eigenvalue weighted by Crippen LogP contribution is 2.37. The average molecular weight is 478 g/mol. The molecule has 3 N–H and O–H groups in total. The number of aromatic nitrogens is 2. The molecule has 2 heterocycles. The zero-order chi connectivity index (χ0) is 23.4. The molecule has 0 unspecified atom stereocenters. The first-order valence-electron chi connectivity index (χ1n) is 10.6. The molecule has 2 aromatic heterocycles. The number of anilines is 1. The van der Waals surface area contributed by atoms with Gasteiger partial charge in [0.2, 0.25) is 0 Å². The van der Waals surface area contributed by atoms with Crippen LogP contribution in [-0.4, -0.2) is 27.3 Å². The highest BCUT2D eigenvalue weighted by Gasteiger charge is 2.25. The van der Waals surface area contributed by atoms with Gasteiger partial charge in [-0.05, 0) is 43.9 Å². The van der Waals surface area contributed by atoms with Gasteiger partial charge < -0.3 is 15.6 Å². The second-order valence-corrected chi connectivity index (χ2v) is 9.86. The van der Waals surface area contributed by atoms with Crippen LogP contribution in [0.15, 0.2) is 34.7 Å². The van der Waals surface area contributed by atoms with Crippen molar-refractivity contribution >= 4 is 28.9 Å². The van der Waals surface area contributed by atoms with Gasteiger partial charge in [0, 0.05) is 16.7 Å². The summed E-state index contributed by atoms with van der Waals surface area (Å²) >= 11 is 2.94. The summed E-state index contributed by atoms with van der Waals surface area (Å²) in [6, 6.07) is 11.5. The van der Waals surface area contributed by atoms with E-state index in [0.29, 0.717) is 33.2 Å². The van der Waals surface area contributed by atoms with E-state index in [1.54, 1.807) is 35.6 Å². The van der Waals surface area contributed by atoms with Crippen molar-refractivity contribution in [2.45, 2.75) is 55.6 Å². The molecule has 1 aliphatic rings. The van der Waals surface area contributed by atoms with Gasteiger partial charge in [0.05, 0.1) is 22.4 Å². The standard InChI is InChI=1S/C24H23N5O2S2/c1-14-28-16(12-32-14)13-33-24-19(11-26)22(18(10-25)23(27)29-24)15-6-8-17(9-7-15)31-21-5-3-2-4-20(21)30/h6-9,12,20-21,30H,2-5,13H2,1H3,(H2,27,29)/t20-,21-/m0/s1. The topological polar surface area (TPSA) is 129 Å². The molecule has 2 atom stereocenters. The Bertz CT molecular complexity index is 1230. The number of nitrogens with zero attached hydrogens (tertiary/aromatic N) is 4. The quantitative estimate of drug-likeness (QED) is 0.484. The van der Waals surface area contributed by atoms with Gasteiger partial charge in [-0.1, -0.05) is 30.3 Å². The lowest BCUT2D eigenvalue weighted by Gasteiger charge is -2.28. The molecule has 3 aromatic rings. The predicted octanol–water partition coefficient (Wildman–Crippen LogP) is 4.81. The number of nitrogens with two attached hydrogens (primary N) is 1. The van der Waals surface area contributed by atoms with Gasteiger partial charge in [0.1, 0.15) is 40.4 Å². The summed E-state index contributed by atoms with van der Waals surface area (Å²) in [5, 5.41) is 33.3. The van der Waals surface area contributed by atoms with E-state index < -0.39 is 6.10 Å². The summed E-state index contributed by atoms with van der Waals surface area (Å²) in [7, 11) is 0. The molecule has 0 aliphatic heterocycles. The number of nitriles is 2. The van der Waals surface area contributed by atoms with Crippen molar-refractivity contribution in [1.82, 2.24) is 9.97 Å². The molecule has 1 saturated carbocycles. The zero-order valence-corrected chi connectivity index (χ0v) is 19.7. The number of hydrogen-bond acceptors (Lipinski definition) is 9. The molecule has 7 nitrogen and oxygen atoms in total. The Morgan fingerprint density at radius 3 is 2.52 bits per heavy atom. The van der Waals surface area contributed by atoms with Gasteiger partial charge in [0.15, 0.2) is 0 Å². The predicted molar refractivity (Wildman–Crippen MR) is 129 cm³/mol. The first-order valence-corrected chi connectivity index (χ1v) is 12.5. The number of ether oxygens (including phenoxy) is 1. The lowest BCUT2D eigenvalue weighted by Crippen LogP contribution is -2.34. The molecular formula is C24H23N5O2S2. The van der Waals surface area contributed by atoms with E-state index in [4.69, 9.17) is 10.5 Å². The van der Waals surface area contributed by atoms with Crippen LogP contribution in [-0.2, 0) is 5.75 Å². The highest BCUT2D eigenvalue weighted by atomic mass is 32.2. The molecule has 0 radical (unpaired) electrons. The maximum absolute atomic E-state index is 10.2. The lowest BCUT2D eigenvalue weighted by atomic mass is 9.94. The third-order valence-electron chi connectivity index (χ3n) is 5.54. The molecule has 33 heavy (non-hydrogen) atoms. The summed E-state index contributed by atoms with van der Waals surface area (Å²) in [5.41, 5.74) is 8.66. The monoisotopic (exact) mass is 477 g/mol. The second kappa shape index (κ2) is 10.2. The Hall–Kier alpha value is -3.11. The van der Waals surface area contributed by atoms with E-state index in [0.717, 1.165) is 36.4 Å². The smallest absolute Gasteiger partial charge is 0.143 e. The molecule has 1 aliphatic carbocycles. The number of rotatable bonds is 6. The number of aliphatic hydroxyl groups is 1. The Kier molecular flexibility index (Phi) is 7.14. The number of nitrogen functional groups attached to an aromatic ring is 1. The molecule has 168 valence electrons. The summed E-state index contributed by atoms with van der Waals surface area (Å²) < 4.78 is 5.98. The van der Waals surface area contributed by atoms with Crippen LogP contribution in [0.1, 0.15) is 47.5 Å². The van der Waals surface area contributed by atoms with Crippen molar-refractivity contribution in [2.24, 2.45) is 0 Å². The number of thioether (sulfide) groups is 1. The molecular weight excluding hydrogens is 454 g/mol. The van der Waals surface area contributed by atoms with Crippen LogP contribution in [0.2, 0.25) is 0 Å². The molecule has 4 rings (SSSR count). The van der Waals surface area contributed by atoms with Crippen molar-refractivity contribution in [2.75, 3.05) is 5.73 Å². The van der Waals surface area contributed by atoms with Gasteiger partial charge in [-0.25, -0.2) is 9.97 Å². The summed E-state index contributed by atoms with van der Waals surface area (Å²) in [5.74, 6) is 1.28. The molecule has 0 spiro atoms. The maximum Gasteiger partial charge on any atom is 0.143 e. The van der Waals surface area contributed by atoms with Gasteiger partial charge in [0.25, 0.3) is 0 Å². The molecule has 1 aromatic carbocycles. The number of thiazole rings is 1. The largest absolute Gasteiger partial charge is 0.488 e. The highest BCUT2D eigenvalue weighted by molar-refractivity contribution is 7.98. The van der Waals surface area contributed by atoms with E-state index >= 15 is 0 Å². The molecule has 0 bridgehead atoms. The van der Waals surface area contributed by atoms with Crippen LogP contribution in [0.5, 0.6) is 5.75 Å². The zero-order valence-electron chi connectivity index (χ0n) is 18.1. The summed E-state index contributed by atoms with van der Waals surface area (Å²) in [4.78, 5) is 8.80.